The number of benzene rings is 1. The van der Waals surface area contributed by atoms with Gasteiger partial charge in [0.1, 0.15) is 6.04 Å². The Balaban J connectivity index is 2.40. The van der Waals surface area contributed by atoms with Crippen molar-refractivity contribution in [2.75, 3.05) is 6.54 Å². The third-order valence-corrected chi connectivity index (χ3v) is 4.78. The largest absolute Gasteiger partial charge is 0.480 e. The second-order valence-corrected chi connectivity index (χ2v) is 6.08. The molecule has 0 spiro atoms. The van der Waals surface area contributed by atoms with Crippen LogP contribution in [0.2, 0.25) is 0 Å². The molecule has 0 bridgehead atoms. The number of aliphatic carboxylic acids is 1. The average molecular weight is 284 g/mol. The van der Waals surface area contributed by atoms with Crippen LogP contribution in [0.1, 0.15) is 18.1 Å². The lowest BCUT2D eigenvalue weighted by atomic mass is 9.96. The normalized spacial score (nSPS) is 19.9. The van der Waals surface area contributed by atoms with Crippen molar-refractivity contribution in [3.63, 3.8) is 0 Å². The van der Waals surface area contributed by atoms with Crippen molar-refractivity contribution in [3.05, 3.63) is 35.4 Å². The summed E-state index contributed by atoms with van der Waals surface area (Å²) in [6.07, 6.45) is 0.191. The van der Waals surface area contributed by atoms with Crippen molar-refractivity contribution in [2.24, 2.45) is 0 Å². The summed E-state index contributed by atoms with van der Waals surface area (Å²) in [5, 5.41) is 9.23. The molecule has 0 amide bonds. The Morgan fingerprint density at radius 1 is 1.42 bits per heavy atom. The first-order valence-electron chi connectivity index (χ1n) is 6.01. The topological polar surface area (TPSA) is 86.7 Å². The lowest BCUT2D eigenvalue weighted by Crippen LogP contribution is -2.52. The molecule has 0 saturated carbocycles. The van der Waals surface area contributed by atoms with Gasteiger partial charge in [-0.25, -0.2) is 4.72 Å². The summed E-state index contributed by atoms with van der Waals surface area (Å²) in [6, 6.07) is 6.24. The van der Waals surface area contributed by atoms with Crippen LogP contribution >= 0.6 is 0 Å². The van der Waals surface area contributed by atoms with E-state index in [1.807, 2.05) is 24.3 Å². The lowest BCUT2D eigenvalue weighted by Gasteiger charge is -2.33. The van der Waals surface area contributed by atoms with Gasteiger partial charge in [-0.05, 0) is 11.1 Å². The second kappa shape index (κ2) is 5.28. The molecule has 6 nitrogen and oxygen atoms in total. The number of carboxylic acids is 1. The van der Waals surface area contributed by atoms with E-state index >= 15 is 0 Å². The molecule has 1 atom stereocenters. The summed E-state index contributed by atoms with van der Waals surface area (Å²) in [7, 11) is -3.77. The summed E-state index contributed by atoms with van der Waals surface area (Å²) in [6.45, 7) is 1.97. The lowest BCUT2D eigenvalue weighted by molar-refractivity contribution is -0.141. The van der Waals surface area contributed by atoms with Gasteiger partial charge in [-0.3, -0.25) is 4.79 Å². The summed E-state index contributed by atoms with van der Waals surface area (Å²) in [5.41, 5.74) is 1.74. The fourth-order valence-corrected chi connectivity index (χ4v) is 3.57. The number of carbonyl (C=O) groups is 1. The van der Waals surface area contributed by atoms with Crippen molar-refractivity contribution in [1.82, 2.24) is 9.03 Å². The molecule has 1 aliphatic rings. The molecule has 0 fully saturated rings. The maximum absolute atomic E-state index is 12.1. The van der Waals surface area contributed by atoms with E-state index in [1.165, 1.54) is 0 Å². The van der Waals surface area contributed by atoms with Crippen LogP contribution in [-0.4, -0.2) is 36.4 Å². The molecular weight excluding hydrogens is 268 g/mol. The van der Waals surface area contributed by atoms with E-state index in [4.69, 9.17) is 0 Å². The first-order chi connectivity index (χ1) is 8.95. The SMILES string of the molecule is CCNS(=O)(=O)N1Cc2ccccc2C[C@@H]1C(=O)O. The molecule has 19 heavy (non-hydrogen) atoms. The van der Waals surface area contributed by atoms with E-state index in [9.17, 15) is 18.3 Å². The van der Waals surface area contributed by atoms with Gasteiger partial charge in [0.05, 0.1) is 0 Å². The third-order valence-electron chi connectivity index (χ3n) is 3.13. The third kappa shape index (κ3) is 2.78. The number of hydrogen-bond acceptors (Lipinski definition) is 3. The van der Waals surface area contributed by atoms with Crippen LogP contribution in [0.5, 0.6) is 0 Å². The van der Waals surface area contributed by atoms with E-state index in [0.29, 0.717) is 0 Å². The van der Waals surface area contributed by atoms with Crippen LogP contribution in [0.4, 0.5) is 0 Å². The Hall–Kier alpha value is -1.44. The maximum atomic E-state index is 12.1. The fourth-order valence-electron chi connectivity index (χ4n) is 2.23. The minimum Gasteiger partial charge on any atom is -0.480 e. The fraction of sp³-hybridized carbons (Fsp3) is 0.417. The van der Waals surface area contributed by atoms with Gasteiger partial charge in [-0.1, -0.05) is 31.2 Å². The number of nitrogens with zero attached hydrogens (tertiary/aromatic N) is 1. The van der Waals surface area contributed by atoms with Gasteiger partial charge in [0, 0.05) is 19.5 Å². The van der Waals surface area contributed by atoms with Crippen LogP contribution in [0.3, 0.4) is 0 Å². The highest BCUT2D eigenvalue weighted by atomic mass is 32.2. The van der Waals surface area contributed by atoms with Crippen molar-refractivity contribution in [3.8, 4) is 0 Å². The standard InChI is InChI=1S/C12H16N2O4S/c1-2-13-19(17,18)14-8-10-6-4-3-5-9(10)7-11(14)12(15)16/h3-6,11,13H,2,7-8H2,1H3,(H,15,16)/t11-/m1/s1. The Morgan fingerprint density at radius 3 is 2.63 bits per heavy atom. The highest BCUT2D eigenvalue weighted by Gasteiger charge is 2.38. The predicted molar refractivity (Wildman–Crippen MR) is 69.7 cm³/mol. The van der Waals surface area contributed by atoms with E-state index < -0.39 is 22.2 Å². The Morgan fingerprint density at radius 2 is 2.05 bits per heavy atom. The van der Waals surface area contributed by atoms with Gasteiger partial charge < -0.3 is 5.11 Å². The molecule has 7 heteroatoms. The van der Waals surface area contributed by atoms with Gasteiger partial charge >= 0.3 is 5.97 Å². The van der Waals surface area contributed by atoms with Crippen LogP contribution in [0.15, 0.2) is 24.3 Å². The van der Waals surface area contributed by atoms with Gasteiger partial charge in [0.15, 0.2) is 0 Å². The molecule has 0 radical (unpaired) electrons. The van der Waals surface area contributed by atoms with E-state index in [1.54, 1.807) is 6.92 Å². The Bertz CT molecular complexity index is 585. The molecule has 0 aliphatic carbocycles. The van der Waals surface area contributed by atoms with Gasteiger partial charge in [-0.2, -0.15) is 12.7 Å². The summed E-state index contributed by atoms with van der Waals surface area (Å²) < 4.78 is 27.5. The van der Waals surface area contributed by atoms with Crippen molar-refractivity contribution in [2.45, 2.75) is 25.9 Å². The highest BCUT2D eigenvalue weighted by Crippen LogP contribution is 2.25. The van der Waals surface area contributed by atoms with Crippen LogP contribution in [0, 0.1) is 0 Å². The minimum absolute atomic E-state index is 0.0858. The van der Waals surface area contributed by atoms with Crippen LogP contribution in [-0.2, 0) is 28.0 Å². The second-order valence-electron chi connectivity index (χ2n) is 4.38. The molecule has 1 aromatic rings. The quantitative estimate of drug-likeness (QED) is 0.835. The predicted octanol–water partition coefficient (Wildman–Crippen LogP) is 0.352. The van der Waals surface area contributed by atoms with E-state index in [2.05, 4.69) is 4.72 Å². The maximum Gasteiger partial charge on any atom is 0.322 e. The number of hydrogen-bond donors (Lipinski definition) is 2. The minimum atomic E-state index is -3.77. The van der Waals surface area contributed by atoms with Crippen LogP contribution < -0.4 is 4.72 Å². The molecule has 1 aliphatic heterocycles. The average Bonchev–Trinajstić information content (AvgIpc) is 2.37. The molecule has 2 rings (SSSR count). The summed E-state index contributed by atoms with van der Waals surface area (Å²) >= 11 is 0. The number of rotatable bonds is 4. The zero-order chi connectivity index (χ0) is 14.0. The van der Waals surface area contributed by atoms with Crippen LogP contribution in [0.25, 0.3) is 0 Å². The molecule has 1 heterocycles. The van der Waals surface area contributed by atoms with E-state index in [0.717, 1.165) is 15.4 Å². The first-order valence-corrected chi connectivity index (χ1v) is 7.45. The van der Waals surface area contributed by atoms with Crippen molar-refractivity contribution >= 4 is 16.2 Å². The van der Waals surface area contributed by atoms with Gasteiger partial charge in [0.25, 0.3) is 10.2 Å². The number of fused-ring (bicyclic) bond motifs is 1. The molecule has 2 N–H and O–H groups in total. The molecule has 1 aromatic carbocycles. The van der Waals surface area contributed by atoms with Gasteiger partial charge in [0.2, 0.25) is 0 Å². The number of carboxylic acid groups (broad SMARTS) is 1. The van der Waals surface area contributed by atoms with Gasteiger partial charge in [-0.15, -0.1) is 0 Å². The van der Waals surface area contributed by atoms with Crippen molar-refractivity contribution in [1.29, 1.82) is 0 Å². The number of nitrogens with one attached hydrogen (secondary N) is 1. The molecule has 0 unspecified atom stereocenters. The highest BCUT2D eigenvalue weighted by molar-refractivity contribution is 7.87. The monoisotopic (exact) mass is 284 g/mol. The summed E-state index contributed by atoms with van der Waals surface area (Å²) in [4.78, 5) is 11.3. The Kier molecular flexibility index (Phi) is 3.88. The smallest absolute Gasteiger partial charge is 0.322 e. The molecule has 0 saturated heterocycles. The molecule has 104 valence electrons. The zero-order valence-electron chi connectivity index (χ0n) is 10.5. The zero-order valence-corrected chi connectivity index (χ0v) is 11.4. The molecule has 0 aromatic heterocycles. The summed E-state index contributed by atoms with van der Waals surface area (Å²) in [5.74, 6) is -1.13. The van der Waals surface area contributed by atoms with E-state index in [-0.39, 0.29) is 19.5 Å². The molecular formula is C12H16N2O4S. The Labute approximate surface area is 112 Å². The first kappa shape index (κ1) is 14.0. The van der Waals surface area contributed by atoms with Crippen molar-refractivity contribution < 1.29 is 18.3 Å².